The molecule has 1 N–H and O–H groups in total. The maximum Gasteiger partial charge on any atom is 0.254 e. The molecule has 3 rings (SSSR count). The SMILES string of the molecule is CCc1nc2ccc(C(=O)N3CCN(C=O)CC3)cc2[nH]1. The van der Waals surface area contributed by atoms with Crippen LogP contribution in [-0.2, 0) is 11.2 Å². The maximum absolute atomic E-state index is 12.5. The van der Waals surface area contributed by atoms with Crippen LogP contribution in [0.2, 0.25) is 0 Å². The van der Waals surface area contributed by atoms with Crippen molar-refractivity contribution in [3.05, 3.63) is 29.6 Å². The number of carbonyl (C=O) groups is 2. The molecule has 1 fully saturated rings. The number of imidazole rings is 1. The van der Waals surface area contributed by atoms with Gasteiger partial charge in [-0.05, 0) is 18.2 Å². The molecule has 1 saturated heterocycles. The Kier molecular flexibility index (Phi) is 3.60. The van der Waals surface area contributed by atoms with Gasteiger partial charge >= 0.3 is 0 Å². The molecule has 6 heteroatoms. The fourth-order valence-electron chi connectivity index (χ4n) is 2.58. The Bertz CT molecular complexity index is 671. The number of aromatic amines is 1. The number of hydrogen-bond donors (Lipinski definition) is 1. The summed E-state index contributed by atoms with van der Waals surface area (Å²) >= 11 is 0. The van der Waals surface area contributed by atoms with Gasteiger partial charge in [0.05, 0.1) is 11.0 Å². The molecule has 0 aliphatic carbocycles. The monoisotopic (exact) mass is 286 g/mol. The highest BCUT2D eigenvalue weighted by molar-refractivity contribution is 5.97. The van der Waals surface area contributed by atoms with E-state index in [1.165, 1.54) is 0 Å². The van der Waals surface area contributed by atoms with E-state index in [0.717, 1.165) is 29.7 Å². The van der Waals surface area contributed by atoms with Crippen LogP contribution in [0.4, 0.5) is 0 Å². The van der Waals surface area contributed by atoms with E-state index < -0.39 is 0 Å². The lowest BCUT2D eigenvalue weighted by atomic mass is 10.1. The molecule has 0 bridgehead atoms. The van der Waals surface area contributed by atoms with E-state index in [9.17, 15) is 9.59 Å². The third kappa shape index (κ3) is 2.61. The lowest BCUT2D eigenvalue weighted by Gasteiger charge is -2.32. The molecule has 0 radical (unpaired) electrons. The van der Waals surface area contributed by atoms with Gasteiger partial charge < -0.3 is 14.8 Å². The topological polar surface area (TPSA) is 69.3 Å². The van der Waals surface area contributed by atoms with E-state index in [1.54, 1.807) is 9.80 Å². The summed E-state index contributed by atoms with van der Waals surface area (Å²) in [6, 6.07) is 5.55. The number of amides is 2. The van der Waals surface area contributed by atoms with E-state index in [2.05, 4.69) is 9.97 Å². The quantitative estimate of drug-likeness (QED) is 0.857. The molecule has 2 amide bonds. The number of hydrogen-bond acceptors (Lipinski definition) is 3. The second-order valence-corrected chi connectivity index (χ2v) is 5.20. The highest BCUT2D eigenvalue weighted by atomic mass is 16.2. The van der Waals surface area contributed by atoms with Crippen molar-refractivity contribution in [3.63, 3.8) is 0 Å². The molecule has 2 aromatic rings. The van der Waals surface area contributed by atoms with Gasteiger partial charge in [-0.25, -0.2) is 4.98 Å². The molecule has 6 nitrogen and oxygen atoms in total. The fraction of sp³-hybridized carbons (Fsp3) is 0.400. The van der Waals surface area contributed by atoms with Crippen molar-refractivity contribution in [2.45, 2.75) is 13.3 Å². The first kappa shape index (κ1) is 13.6. The third-order valence-electron chi connectivity index (χ3n) is 3.86. The number of nitrogens with zero attached hydrogens (tertiary/aromatic N) is 3. The molecule has 1 aromatic heterocycles. The first-order valence-corrected chi connectivity index (χ1v) is 7.18. The fourth-order valence-corrected chi connectivity index (χ4v) is 2.58. The van der Waals surface area contributed by atoms with E-state index in [-0.39, 0.29) is 5.91 Å². The normalized spacial score (nSPS) is 15.5. The average molecular weight is 286 g/mol. The molecule has 2 heterocycles. The van der Waals surface area contributed by atoms with Crippen molar-refractivity contribution in [2.24, 2.45) is 0 Å². The predicted octanol–water partition coefficient (Wildman–Crippen LogP) is 1.04. The number of carbonyl (C=O) groups excluding carboxylic acids is 2. The van der Waals surface area contributed by atoms with Crippen molar-refractivity contribution >= 4 is 23.4 Å². The van der Waals surface area contributed by atoms with Crippen LogP contribution < -0.4 is 0 Å². The summed E-state index contributed by atoms with van der Waals surface area (Å²) in [6.45, 7) is 4.40. The smallest absolute Gasteiger partial charge is 0.254 e. The van der Waals surface area contributed by atoms with Crippen molar-refractivity contribution in [1.82, 2.24) is 19.8 Å². The largest absolute Gasteiger partial charge is 0.342 e. The Morgan fingerprint density at radius 1 is 1.33 bits per heavy atom. The van der Waals surface area contributed by atoms with E-state index in [1.807, 2.05) is 25.1 Å². The van der Waals surface area contributed by atoms with Crippen molar-refractivity contribution in [1.29, 1.82) is 0 Å². The summed E-state index contributed by atoms with van der Waals surface area (Å²) in [5.41, 5.74) is 2.44. The van der Waals surface area contributed by atoms with Crippen LogP contribution in [-0.4, -0.2) is 58.3 Å². The van der Waals surface area contributed by atoms with Gasteiger partial charge in [-0.15, -0.1) is 0 Å². The van der Waals surface area contributed by atoms with Gasteiger partial charge in [0.15, 0.2) is 0 Å². The third-order valence-corrected chi connectivity index (χ3v) is 3.86. The van der Waals surface area contributed by atoms with Crippen LogP contribution in [0.3, 0.4) is 0 Å². The predicted molar refractivity (Wildman–Crippen MR) is 79.0 cm³/mol. The van der Waals surface area contributed by atoms with E-state index >= 15 is 0 Å². The zero-order chi connectivity index (χ0) is 14.8. The summed E-state index contributed by atoms with van der Waals surface area (Å²) < 4.78 is 0. The highest BCUT2D eigenvalue weighted by Crippen LogP contribution is 2.16. The molecule has 1 aliphatic heterocycles. The van der Waals surface area contributed by atoms with Crippen LogP contribution in [0.1, 0.15) is 23.1 Å². The van der Waals surface area contributed by atoms with Gasteiger partial charge in [-0.1, -0.05) is 6.92 Å². The van der Waals surface area contributed by atoms with Gasteiger partial charge in [-0.3, -0.25) is 9.59 Å². The lowest BCUT2D eigenvalue weighted by molar-refractivity contribution is -0.119. The minimum atomic E-state index is 0.00935. The molecule has 21 heavy (non-hydrogen) atoms. The zero-order valence-electron chi connectivity index (χ0n) is 12.0. The number of aryl methyl sites for hydroxylation is 1. The van der Waals surface area contributed by atoms with E-state index in [0.29, 0.717) is 31.7 Å². The Hall–Kier alpha value is -2.37. The Morgan fingerprint density at radius 2 is 2.10 bits per heavy atom. The van der Waals surface area contributed by atoms with Crippen molar-refractivity contribution < 1.29 is 9.59 Å². The minimum absolute atomic E-state index is 0.00935. The van der Waals surface area contributed by atoms with Gasteiger partial charge in [0.25, 0.3) is 5.91 Å². The second-order valence-electron chi connectivity index (χ2n) is 5.20. The molecule has 110 valence electrons. The highest BCUT2D eigenvalue weighted by Gasteiger charge is 2.21. The van der Waals surface area contributed by atoms with Crippen LogP contribution in [0, 0.1) is 0 Å². The zero-order valence-corrected chi connectivity index (χ0v) is 12.0. The molecule has 0 atom stereocenters. The van der Waals surface area contributed by atoms with Crippen LogP contribution in [0.25, 0.3) is 11.0 Å². The molecule has 0 saturated carbocycles. The summed E-state index contributed by atoms with van der Waals surface area (Å²) in [7, 11) is 0. The van der Waals surface area contributed by atoms with Gasteiger partial charge in [-0.2, -0.15) is 0 Å². The number of piperazine rings is 1. The maximum atomic E-state index is 12.5. The number of H-pyrrole nitrogens is 1. The first-order chi connectivity index (χ1) is 10.2. The molecule has 0 unspecified atom stereocenters. The Morgan fingerprint density at radius 3 is 2.76 bits per heavy atom. The van der Waals surface area contributed by atoms with Crippen molar-refractivity contribution in [2.75, 3.05) is 26.2 Å². The van der Waals surface area contributed by atoms with E-state index in [4.69, 9.17) is 0 Å². The first-order valence-electron chi connectivity index (χ1n) is 7.18. The number of rotatable bonds is 3. The molecule has 1 aromatic carbocycles. The molecule has 1 aliphatic rings. The van der Waals surface area contributed by atoms with Gasteiger partial charge in [0.1, 0.15) is 5.82 Å². The second kappa shape index (κ2) is 5.55. The average Bonchev–Trinajstić information content (AvgIpc) is 2.96. The summed E-state index contributed by atoms with van der Waals surface area (Å²) in [5, 5.41) is 0. The number of benzene rings is 1. The summed E-state index contributed by atoms with van der Waals surface area (Å²) in [5.74, 6) is 0.935. The van der Waals surface area contributed by atoms with Gasteiger partial charge in [0.2, 0.25) is 6.41 Å². The Labute approximate surface area is 122 Å². The number of nitrogens with one attached hydrogen (secondary N) is 1. The van der Waals surface area contributed by atoms with Crippen LogP contribution in [0.5, 0.6) is 0 Å². The molecular formula is C15H18N4O2. The minimum Gasteiger partial charge on any atom is -0.342 e. The molecular weight excluding hydrogens is 268 g/mol. The van der Waals surface area contributed by atoms with Crippen LogP contribution >= 0.6 is 0 Å². The van der Waals surface area contributed by atoms with Crippen molar-refractivity contribution in [3.8, 4) is 0 Å². The molecule has 0 spiro atoms. The standard InChI is InChI=1S/C15H18N4O2/c1-2-14-16-12-4-3-11(9-13(12)17-14)15(21)19-7-5-18(10-20)6-8-19/h3-4,9-10H,2,5-8H2,1H3,(H,16,17). The summed E-state index contributed by atoms with van der Waals surface area (Å²) in [6.07, 6.45) is 1.68. The number of fused-ring (bicyclic) bond motifs is 1. The lowest BCUT2D eigenvalue weighted by Crippen LogP contribution is -2.48. The Balaban J connectivity index is 1.79. The number of aromatic nitrogens is 2. The van der Waals surface area contributed by atoms with Gasteiger partial charge in [0, 0.05) is 38.2 Å². The summed E-state index contributed by atoms with van der Waals surface area (Å²) in [4.78, 5) is 34.3. The van der Waals surface area contributed by atoms with Crippen LogP contribution in [0.15, 0.2) is 18.2 Å².